The fourth-order valence-corrected chi connectivity index (χ4v) is 1.68. The summed E-state index contributed by atoms with van der Waals surface area (Å²) in [4.78, 5) is 21.9. The molecule has 0 aliphatic rings. The van der Waals surface area contributed by atoms with E-state index in [9.17, 15) is 14.9 Å². The van der Waals surface area contributed by atoms with Crippen LogP contribution in [0.3, 0.4) is 0 Å². The second-order valence-electron chi connectivity index (χ2n) is 4.40. The average molecular weight is 265 g/mol. The first-order valence-corrected chi connectivity index (χ1v) is 6.29. The number of nitro groups is 1. The molecule has 0 radical (unpaired) electrons. The molecule has 0 atom stereocenters. The van der Waals surface area contributed by atoms with Crippen molar-refractivity contribution < 1.29 is 9.72 Å². The lowest BCUT2D eigenvalue weighted by Crippen LogP contribution is -2.12. The largest absolute Gasteiger partial charge is 0.330 e. The molecule has 0 aliphatic carbocycles. The second kappa shape index (κ2) is 7.48. The van der Waals surface area contributed by atoms with Crippen molar-refractivity contribution in [1.29, 1.82) is 0 Å². The molecule has 1 aromatic carbocycles. The van der Waals surface area contributed by atoms with Crippen molar-refractivity contribution in [2.24, 2.45) is 5.73 Å². The van der Waals surface area contributed by atoms with E-state index in [2.05, 4.69) is 5.32 Å². The predicted octanol–water partition coefficient (Wildman–Crippen LogP) is 2.36. The molecule has 6 heteroatoms. The Balaban J connectivity index is 2.58. The van der Waals surface area contributed by atoms with Crippen LogP contribution in [0, 0.1) is 17.0 Å². The molecule has 1 rings (SSSR count). The Kier molecular flexibility index (Phi) is 5.95. The van der Waals surface area contributed by atoms with Crippen LogP contribution in [0.15, 0.2) is 18.2 Å². The summed E-state index contributed by atoms with van der Waals surface area (Å²) in [5.41, 5.74) is 6.65. The fraction of sp³-hybridized carbons (Fsp3) is 0.462. The number of rotatable bonds is 7. The third kappa shape index (κ3) is 5.05. The number of nitro benzene ring substituents is 1. The molecule has 0 bridgehead atoms. The summed E-state index contributed by atoms with van der Waals surface area (Å²) in [6, 6.07) is 4.43. The zero-order chi connectivity index (χ0) is 14.3. The molecule has 0 aliphatic heterocycles. The molecule has 0 fully saturated rings. The van der Waals surface area contributed by atoms with Gasteiger partial charge in [-0.25, -0.2) is 0 Å². The average Bonchev–Trinajstić information content (AvgIpc) is 2.37. The number of unbranched alkanes of at least 4 members (excludes halogenated alkanes) is 2. The van der Waals surface area contributed by atoms with Gasteiger partial charge in [-0.1, -0.05) is 12.5 Å². The SMILES string of the molecule is Cc1ccc([N+](=O)[O-])cc1NC(=O)CCCCCN. The molecule has 0 saturated heterocycles. The quantitative estimate of drug-likeness (QED) is 0.449. The molecule has 0 spiro atoms. The Bertz CT molecular complexity index is 460. The molecule has 104 valence electrons. The minimum absolute atomic E-state index is 0.0240. The monoisotopic (exact) mass is 265 g/mol. The fourth-order valence-electron chi connectivity index (χ4n) is 1.68. The van der Waals surface area contributed by atoms with Gasteiger partial charge >= 0.3 is 0 Å². The summed E-state index contributed by atoms with van der Waals surface area (Å²) in [7, 11) is 0. The highest BCUT2D eigenvalue weighted by Crippen LogP contribution is 2.22. The van der Waals surface area contributed by atoms with Gasteiger partial charge < -0.3 is 11.1 Å². The first-order valence-electron chi connectivity index (χ1n) is 6.29. The van der Waals surface area contributed by atoms with E-state index < -0.39 is 4.92 Å². The zero-order valence-corrected chi connectivity index (χ0v) is 11.0. The van der Waals surface area contributed by atoms with Crippen molar-refractivity contribution in [2.45, 2.75) is 32.6 Å². The first-order chi connectivity index (χ1) is 9.04. The van der Waals surface area contributed by atoms with Gasteiger partial charge in [0.25, 0.3) is 5.69 Å². The van der Waals surface area contributed by atoms with Crippen LogP contribution >= 0.6 is 0 Å². The summed E-state index contributed by atoms with van der Waals surface area (Å²) in [5, 5.41) is 13.4. The lowest BCUT2D eigenvalue weighted by Gasteiger charge is -2.08. The Morgan fingerprint density at radius 2 is 2.11 bits per heavy atom. The zero-order valence-electron chi connectivity index (χ0n) is 11.0. The van der Waals surface area contributed by atoms with Gasteiger partial charge in [-0.3, -0.25) is 14.9 Å². The van der Waals surface area contributed by atoms with Crippen LogP contribution in [-0.4, -0.2) is 17.4 Å². The number of anilines is 1. The van der Waals surface area contributed by atoms with Crippen LogP contribution in [0.5, 0.6) is 0 Å². The highest BCUT2D eigenvalue weighted by atomic mass is 16.6. The van der Waals surface area contributed by atoms with Gasteiger partial charge in [0.1, 0.15) is 0 Å². The molecule has 3 N–H and O–H groups in total. The Morgan fingerprint density at radius 3 is 2.74 bits per heavy atom. The number of amides is 1. The summed E-state index contributed by atoms with van der Waals surface area (Å²) in [5.74, 6) is -0.124. The first kappa shape index (κ1) is 15.1. The third-order valence-corrected chi connectivity index (χ3v) is 2.81. The number of hydrogen-bond acceptors (Lipinski definition) is 4. The maximum Gasteiger partial charge on any atom is 0.271 e. The smallest absolute Gasteiger partial charge is 0.271 e. The highest BCUT2D eigenvalue weighted by molar-refractivity contribution is 5.91. The molecule has 0 aromatic heterocycles. The number of nitrogens with one attached hydrogen (secondary N) is 1. The number of carbonyl (C=O) groups excluding carboxylic acids is 1. The van der Waals surface area contributed by atoms with Gasteiger partial charge in [0, 0.05) is 18.6 Å². The molecular formula is C13H19N3O3. The molecule has 0 unspecified atom stereocenters. The molecule has 6 nitrogen and oxygen atoms in total. The van der Waals surface area contributed by atoms with E-state index in [4.69, 9.17) is 5.73 Å². The van der Waals surface area contributed by atoms with Gasteiger partial charge in [-0.15, -0.1) is 0 Å². The van der Waals surface area contributed by atoms with Crippen molar-refractivity contribution in [1.82, 2.24) is 0 Å². The van der Waals surface area contributed by atoms with E-state index >= 15 is 0 Å². The van der Waals surface area contributed by atoms with Crippen LogP contribution in [0.1, 0.15) is 31.2 Å². The lowest BCUT2D eigenvalue weighted by molar-refractivity contribution is -0.384. The van der Waals surface area contributed by atoms with E-state index in [1.165, 1.54) is 12.1 Å². The standard InChI is InChI=1S/C13H19N3O3/c1-10-6-7-11(16(18)19)9-12(10)15-13(17)5-3-2-4-8-14/h6-7,9H,2-5,8,14H2,1H3,(H,15,17). The van der Waals surface area contributed by atoms with Crippen LogP contribution in [0.4, 0.5) is 11.4 Å². The number of non-ortho nitro benzene ring substituents is 1. The third-order valence-electron chi connectivity index (χ3n) is 2.81. The Labute approximate surface area is 112 Å². The van der Waals surface area contributed by atoms with Gasteiger partial charge in [-0.05, 0) is 31.9 Å². The molecular weight excluding hydrogens is 246 g/mol. The van der Waals surface area contributed by atoms with Crippen molar-refractivity contribution in [2.75, 3.05) is 11.9 Å². The lowest BCUT2D eigenvalue weighted by atomic mass is 10.1. The Hall–Kier alpha value is -1.95. The van der Waals surface area contributed by atoms with Crippen molar-refractivity contribution in [3.05, 3.63) is 33.9 Å². The van der Waals surface area contributed by atoms with Gasteiger partial charge in [0.05, 0.1) is 10.6 Å². The molecule has 0 heterocycles. The summed E-state index contributed by atoms with van der Waals surface area (Å²) in [6.07, 6.45) is 3.00. The number of nitrogens with zero attached hydrogens (tertiary/aromatic N) is 1. The molecule has 1 amide bonds. The topological polar surface area (TPSA) is 98.3 Å². The maximum absolute atomic E-state index is 11.7. The summed E-state index contributed by atoms with van der Waals surface area (Å²) in [6.45, 7) is 2.43. The van der Waals surface area contributed by atoms with Crippen LogP contribution in [0.2, 0.25) is 0 Å². The van der Waals surface area contributed by atoms with Crippen molar-refractivity contribution >= 4 is 17.3 Å². The molecule has 0 saturated carbocycles. The number of nitrogens with two attached hydrogens (primary N) is 1. The van der Waals surface area contributed by atoms with Crippen LogP contribution in [-0.2, 0) is 4.79 Å². The predicted molar refractivity (Wildman–Crippen MR) is 74.0 cm³/mol. The summed E-state index contributed by atoms with van der Waals surface area (Å²) < 4.78 is 0. The van der Waals surface area contributed by atoms with E-state index in [1.807, 2.05) is 0 Å². The van der Waals surface area contributed by atoms with E-state index in [1.54, 1.807) is 13.0 Å². The highest BCUT2D eigenvalue weighted by Gasteiger charge is 2.10. The maximum atomic E-state index is 11.7. The molecule has 19 heavy (non-hydrogen) atoms. The van der Waals surface area contributed by atoms with Gasteiger partial charge in [0.15, 0.2) is 0 Å². The second-order valence-corrected chi connectivity index (χ2v) is 4.40. The van der Waals surface area contributed by atoms with Crippen molar-refractivity contribution in [3.8, 4) is 0 Å². The minimum Gasteiger partial charge on any atom is -0.330 e. The van der Waals surface area contributed by atoms with E-state index in [0.29, 0.717) is 18.7 Å². The van der Waals surface area contributed by atoms with Crippen LogP contribution < -0.4 is 11.1 Å². The minimum atomic E-state index is -0.476. The Morgan fingerprint density at radius 1 is 1.37 bits per heavy atom. The van der Waals surface area contributed by atoms with Crippen molar-refractivity contribution in [3.63, 3.8) is 0 Å². The molecule has 1 aromatic rings. The van der Waals surface area contributed by atoms with Gasteiger partial charge in [-0.2, -0.15) is 0 Å². The number of aryl methyl sites for hydroxylation is 1. The number of benzene rings is 1. The van der Waals surface area contributed by atoms with Gasteiger partial charge in [0.2, 0.25) is 5.91 Å². The van der Waals surface area contributed by atoms with Crippen LogP contribution in [0.25, 0.3) is 0 Å². The normalized spacial score (nSPS) is 10.2. The number of carbonyl (C=O) groups is 1. The summed E-state index contributed by atoms with van der Waals surface area (Å²) >= 11 is 0. The van der Waals surface area contributed by atoms with E-state index in [0.717, 1.165) is 24.8 Å². The number of hydrogen-bond donors (Lipinski definition) is 2. The van der Waals surface area contributed by atoms with E-state index in [-0.39, 0.29) is 11.6 Å².